The number of nitro groups is 2. The lowest BCUT2D eigenvalue weighted by atomic mass is 10.1. The van der Waals surface area contributed by atoms with Crippen LogP contribution in [0.25, 0.3) is 10.2 Å². The van der Waals surface area contributed by atoms with Gasteiger partial charge in [-0.05, 0) is 12.1 Å². The minimum Gasteiger partial charge on any atom is -0.379 e. The van der Waals surface area contributed by atoms with Crippen molar-refractivity contribution in [1.29, 1.82) is 0 Å². The van der Waals surface area contributed by atoms with Gasteiger partial charge in [0.25, 0.3) is 17.3 Å². The molecule has 2 heterocycles. The van der Waals surface area contributed by atoms with Gasteiger partial charge in [0, 0.05) is 44.6 Å². The number of nitro benzene ring substituents is 2. The van der Waals surface area contributed by atoms with Crippen LogP contribution in [0.3, 0.4) is 0 Å². The summed E-state index contributed by atoms with van der Waals surface area (Å²) in [7, 11) is -3.61. The molecule has 1 aliphatic rings. The van der Waals surface area contributed by atoms with Crippen molar-refractivity contribution in [2.45, 2.75) is 4.90 Å². The number of sulfone groups is 1. The second kappa shape index (κ2) is 11.4. The highest BCUT2D eigenvalue weighted by atomic mass is 35.5. The van der Waals surface area contributed by atoms with Gasteiger partial charge < -0.3 is 4.74 Å². The van der Waals surface area contributed by atoms with Gasteiger partial charge in [-0.25, -0.2) is 13.4 Å². The molecule has 2 aromatic carbocycles. The third-order valence-corrected chi connectivity index (χ3v) is 7.73. The first kappa shape index (κ1) is 28.3. The van der Waals surface area contributed by atoms with Gasteiger partial charge in [0.15, 0.2) is 15.0 Å². The lowest BCUT2D eigenvalue weighted by Gasteiger charge is -2.29. The Hall–Kier alpha value is -3.24. The Balaban J connectivity index is 0.00000380. The van der Waals surface area contributed by atoms with E-state index in [2.05, 4.69) is 9.88 Å². The van der Waals surface area contributed by atoms with Crippen LogP contribution in [-0.4, -0.2) is 79.7 Å². The zero-order chi connectivity index (χ0) is 26.0. The van der Waals surface area contributed by atoms with Crippen LogP contribution >= 0.6 is 23.7 Å². The van der Waals surface area contributed by atoms with Gasteiger partial charge in [-0.1, -0.05) is 17.4 Å². The van der Waals surface area contributed by atoms with Crippen molar-refractivity contribution in [3.05, 3.63) is 62.2 Å². The van der Waals surface area contributed by atoms with Gasteiger partial charge in [-0.15, -0.1) is 12.4 Å². The first-order valence-electron chi connectivity index (χ1n) is 10.7. The van der Waals surface area contributed by atoms with Crippen molar-refractivity contribution in [3.63, 3.8) is 0 Å². The van der Waals surface area contributed by atoms with Gasteiger partial charge in [-0.3, -0.25) is 34.8 Å². The summed E-state index contributed by atoms with van der Waals surface area (Å²) in [4.78, 5) is 42.5. The van der Waals surface area contributed by atoms with Crippen molar-refractivity contribution >= 4 is 66.2 Å². The Morgan fingerprint density at radius 3 is 2.32 bits per heavy atom. The third-order valence-electron chi connectivity index (χ3n) is 5.56. The smallest absolute Gasteiger partial charge is 0.277 e. The first-order chi connectivity index (χ1) is 17.0. The predicted molar refractivity (Wildman–Crippen MR) is 139 cm³/mol. The Labute approximate surface area is 221 Å². The van der Waals surface area contributed by atoms with Crippen molar-refractivity contribution in [1.82, 2.24) is 9.88 Å². The van der Waals surface area contributed by atoms with E-state index in [-0.39, 0.29) is 40.1 Å². The lowest BCUT2D eigenvalue weighted by Crippen LogP contribution is -2.43. The fourth-order valence-electron chi connectivity index (χ4n) is 3.76. The number of carbonyl (C=O) groups is 1. The van der Waals surface area contributed by atoms with Crippen LogP contribution in [0.4, 0.5) is 16.5 Å². The summed E-state index contributed by atoms with van der Waals surface area (Å²) in [5.41, 5.74) is -1.23. The molecule has 198 valence electrons. The largest absolute Gasteiger partial charge is 0.379 e. The molecular weight excluding hydrogens is 550 g/mol. The van der Waals surface area contributed by atoms with E-state index >= 15 is 0 Å². The van der Waals surface area contributed by atoms with E-state index in [1.807, 2.05) is 0 Å². The molecule has 0 aliphatic carbocycles. The molecule has 16 heteroatoms. The number of rotatable bonds is 8. The number of amides is 1. The molecule has 0 bridgehead atoms. The van der Waals surface area contributed by atoms with Crippen LogP contribution in [-0.2, 0) is 14.6 Å². The molecule has 1 fully saturated rings. The molecule has 0 atom stereocenters. The van der Waals surface area contributed by atoms with Crippen LogP contribution in [0, 0.1) is 20.2 Å². The molecule has 13 nitrogen and oxygen atoms in total. The molecule has 0 spiro atoms. The number of nitrogens with zero attached hydrogens (tertiary/aromatic N) is 5. The predicted octanol–water partition coefficient (Wildman–Crippen LogP) is 2.92. The first-order valence-corrected chi connectivity index (χ1v) is 13.4. The number of ether oxygens (including phenoxy) is 1. The number of carbonyl (C=O) groups excluding carboxylic acids is 1. The topological polar surface area (TPSA) is 166 Å². The zero-order valence-corrected chi connectivity index (χ0v) is 21.9. The molecule has 0 saturated carbocycles. The second-order valence-electron chi connectivity index (χ2n) is 8.03. The average Bonchev–Trinajstić information content (AvgIpc) is 3.27. The number of non-ortho nitro benzene ring substituents is 2. The maximum atomic E-state index is 13.6. The second-order valence-corrected chi connectivity index (χ2v) is 11.0. The standard InChI is InChI=1S/C21H21N5O8S2.ClH/c1-36(32,33)18-4-2-3-17-19(18)22-21(35-17)24(6-5-23-7-9-34-10-8-23)20(27)14-11-15(25(28)29)13-16(12-14)26(30)31;/h2-4,11-13H,5-10H2,1H3;1H. The number of hydrogen-bond acceptors (Lipinski definition) is 11. The van der Waals surface area contributed by atoms with Crippen molar-refractivity contribution in [3.8, 4) is 0 Å². The Kier molecular flexibility index (Phi) is 8.76. The highest BCUT2D eigenvalue weighted by Gasteiger charge is 2.28. The molecule has 4 rings (SSSR count). The lowest BCUT2D eigenvalue weighted by molar-refractivity contribution is -0.394. The van der Waals surface area contributed by atoms with Gasteiger partial charge in [0.2, 0.25) is 0 Å². The van der Waals surface area contributed by atoms with E-state index < -0.39 is 37.0 Å². The van der Waals surface area contributed by atoms with E-state index in [1.165, 1.54) is 11.0 Å². The summed E-state index contributed by atoms with van der Waals surface area (Å²) in [5, 5.41) is 22.9. The van der Waals surface area contributed by atoms with E-state index in [1.54, 1.807) is 12.1 Å². The van der Waals surface area contributed by atoms with Gasteiger partial charge in [-0.2, -0.15) is 0 Å². The Bertz CT molecular complexity index is 1420. The van der Waals surface area contributed by atoms with Crippen LogP contribution in [0.1, 0.15) is 10.4 Å². The summed E-state index contributed by atoms with van der Waals surface area (Å²) < 4.78 is 30.4. The summed E-state index contributed by atoms with van der Waals surface area (Å²) in [6, 6.07) is 7.41. The zero-order valence-electron chi connectivity index (χ0n) is 19.4. The molecule has 3 aromatic rings. The van der Waals surface area contributed by atoms with Crippen molar-refractivity contribution < 1.29 is 27.8 Å². The number of thiazole rings is 1. The van der Waals surface area contributed by atoms with Gasteiger partial charge >= 0.3 is 0 Å². The summed E-state index contributed by atoms with van der Waals surface area (Å²) in [6.07, 6.45) is 1.06. The van der Waals surface area contributed by atoms with Crippen LogP contribution in [0.15, 0.2) is 41.3 Å². The fraction of sp³-hybridized carbons (Fsp3) is 0.333. The highest BCUT2D eigenvalue weighted by Crippen LogP contribution is 2.34. The van der Waals surface area contributed by atoms with Crippen LogP contribution < -0.4 is 4.90 Å². The Morgan fingerprint density at radius 1 is 1.14 bits per heavy atom. The van der Waals surface area contributed by atoms with Crippen molar-refractivity contribution in [2.75, 3.05) is 50.5 Å². The quantitative estimate of drug-likeness (QED) is 0.289. The number of morpholine rings is 1. The van der Waals surface area contributed by atoms with E-state index in [0.29, 0.717) is 37.5 Å². The van der Waals surface area contributed by atoms with Gasteiger partial charge in [0.05, 0.1) is 44.3 Å². The normalized spacial score (nSPS) is 14.2. The number of anilines is 1. The van der Waals surface area contributed by atoms with E-state index in [0.717, 1.165) is 35.8 Å². The van der Waals surface area contributed by atoms with Crippen molar-refractivity contribution in [2.24, 2.45) is 0 Å². The molecule has 37 heavy (non-hydrogen) atoms. The highest BCUT2D eigenvalue weighted by molar-refractivity contribution is 7.91. The number of para-hydroxylation sites is 1. The number of aromatic nitrogens is 1. The Morgan fingerprint density at radius 2 is 1.76 bits per heavy atom. The number of benzene rings is 2. The molecule has 1 saturated heterocycles. The number of halogens is 1. The summed E-state index contributed by atoms with van der Waals surface area (Å²) in [6.45, 7) is 2.88. The van der Waals surface area contributed by atoms with Crippen LogP contribution in [0.2, 0.25) is 0 Å². The van der Waals surface area contributed by atoms with Crippen LogP contribution in [0.5, 0.6) is 0 Å². The van der Waals surface area contributed by atoms with Gasteiger partial charge in [0.1, 0.15) is 5.52 Å². The fourth-order valence-corrected chi connectivity index (χ4v) is 5.68. The minimum atomic E-state index is -3.61. The molecule has 1 amide bonds. The molecule has 1 aliphatic heterocycles. The average molecular weight is 572 g/mol. The summed E-state index contributed by atoms with van der Waals surface area (Å²) in [5.74, 6) is -0.727. The number of hydrogen-bond donors (Lipinski definition) is 0. The SMILES string of the molecule is CS(=O)(=O)c1cccc2sc(N(CCN3CCOCC3)C(=O)c3cc([N+](=O)[O-])cc([N+](=O)[O-])c3)nc12.Cl. The summed E-state index contributed by atoms with van der Waals surface area (Å²) >= 11 is 1.08. The molecule has 0 N–H and O–H groups in total. The third kappa shape index (κ3) is 6.37. The maximum Gasteiger partial charge on any atom is 0.277 e. The number of fused-ring (bicyclic) bond motifs is 1. The molecule has 1 aromatic heterocycles. The molecule has 0 radical (unpaired) electrons. The molecular formula is C21H22ClN5O8S2. The minimum absolute atomic E-state index is 0. The van der Waals surface area contributed by atoms with E-state index in [9.17, 15) is 33.4 Å². The van der Waals surface area contributed by atoms with E-state index in [4.69, 9.17) is 4.74 Å². The molecule has 0 unspecified atom stereocenters. The maximum absolute atomic E-state index is 13.6. The monoisotopic (exact) mass is 571 g/mol.